The highest BCUT2D eigenvalue weighted by Gasteiger charge is 2.21. The number of rotatable bonds is 2. The van der Waals surface area contributed by atoms with Gasteiger partial charge in [0.15, 0.2) is 0 Å². The first-order valence-electron chi connectivity index (χ1n) is 7.49. The quantitative estimate of drug-likeness (QED) is 0.790. The van der Waals surface area contributed by atoms with Gasteiger partial charge in [-0.05, 0) is 20.0 Å². The Hall–Kier alpha value is -1.40. The Bertz CT molecular complexity index is 467. The molecule has 1 aromatic heterocycles. The molecule has 0 saturated carbocycles. The fourth-order valence-electron chi connectivity index (χ4n) is 2.89. The maximum absolute atomic E-state index is 4.85. The summed E-state index contributed by atoms with van der Waals surface area (Å²) < 4.78 is 0. The first-order valence-corrected chi connectivity index (χ1v) is 7.49. The van der Waals surface area contributed by atoms with E-state index in [-0.39, 0.29) is 0 Å². The zero-order chi connectivity index (χ0) is 13.9. The first kappa shape index (κ1) is 13.6. The number of nitrogens with one attached hydrogen (secondary N) is 2. The van der Waals surface area contributed by atoms with Crippen molar-refractivity contribution >= 4 is 11.8 Å². The van der Waals surface area contributed by atoms with Crippen molar-refractivity contribution in [1.29, 1.82) is 0 Å². The topological polar surface area (TPSA) is 56.3 Å². The molecule has 1 fully saturated rings. The summed E-state index contributed by atoms with van der Waals surface area (Å²) in [5, 5.41) is 6.69. The van der Waals surface area contributed by atoms with Gasteiger partial charge in [-0.25, -0.2) is 4.98 Å². The van der Waals surface area contributed by atoms with Crippen LogP contribution in [0, 0.1) is 0 Å². The molecule has 1 saturated heterocycles. The van der Waals surface area contributed by atoms with Gasteiger partial charge in [0.25, 0.3) is 0 Å². The molecule has 2 aliphatic heterocycles. The Balaban J connectivity index is 1.90. The number of hydrogen-bond acceptors (Lipinski definition) is 6. The molecule has 0 aromatic carbocycles. The van der Waals surface area contributed by atoms with Crippen molar-refractivity contribution in [3.05, 3.63) is 11.3 Å². The lowest BCUT2D eigenvalue weighted by molar-refractivity contribution is 0.311. The van der Waals surface area contributed by atoms with Gasteiger partial charge in [0.1, 0.15) is 5.82 Å². The van der Waals surface area contributed by atoms with Gasteiger partial charge in [0, 0.05) is 51.8 Å². The number of anilines is 2. The third-order valence-electron chi connectivity index (χ3n) is 4.19. The zero-order valence-corrected chi connectivity index (χ0v) is 12.4. The largest absolute Gasteiger partial charge is 0.373 e. The summed E-state index contributed by atoms with van der Waals surface area (Å²) in [6.45, 7) is 6.20. The molecule has 3 heterocycles. The highest BCUT2D eigenvalue weighted by molar-refractivity contribution is 5.52. The molecule has 20 heavy (non-hydrogen) atoms. The van der Waals surface area contributed by atoms with Gasteiger partial charge in [-0.1, -0.05) is 0 Å². The second-order valence-corrected chi connectivity index (χ2v) is 5.59. The van der Waals surface area contributed by atoms with Crippen molar-refractivity contribution in [3.8, 4) is 0 Å². The maximum atomic E-state index is 4.85. The molecule has 0 bridgehead atoms. The predicted octanol–water partition coefficient (Wildman–Crippen LogP) is -0.0417. The van der Waals surface area contributed by atoms with E-state index in [0.717, 1.165) is 63.9 Å². The van der Waals surface area contributed by atoms with E-state index in [1.54, 1.807) is 0 Å². The molecule has 0 spiro atoms. The first-order chi connectivity index (χ1) is 9.78. The van der Waals surface area contributed by atoms with Crippen LogP contribution in [0.2, 0.25) is 0 Å². The highest BCUT2D eigenvalue weighted by Crippen LogP contribution is 2.23. The fraction of sp³-hybridized carbons (Fsp3) is 0.714. The van der Waals surface area contributed by atoms with E-state index in [4.69, 9.17) is 9.97 Å². The number of hydrogen-bond donors (Lipinski definition) is 2. The molecule has 0 amide bonds. The van der Waals surface area contributed by atoms with E-state index >= 15 is 0 Å². The van der Waals surface area contributed by atoms with Crippen LogP contribution in [0.25, 0.3) is 0 Å². The van der Waals surface area contributed by atoms with Crippen LogP contribution in [0.4, 0.5) is 11.8 Å². The lowest BCUT2D eigenvalue weighted by Gasteiger charge is -2.33. The maximum Gasteiger partial charge on any atom is 0.227 e. The molecular weight excluding hydrogens is 252 g/mol. The highest BCUT2D eigenvalue weighted by atomic mass is 15.3. The van der Waals surface area contributed by atoms with Crippen LogP contribution < -0.4 is 15.5 Å². The Morgan fingerprint density at radius 1 is 1.05 bits per heavy atom. The zero-order valence-electron chi connectivity index (χ0n) is 12.4. The van der Waals surface area contributed by atoms with Crippen LogP contribution in [0.15, 0.2) is 0 Å². The average Bonchev–Trinajstić information content (AvgIpc) is 2.72. The van der Waals surface area contributed by atoms with Gasteiger partial charge in [-0.15, -0.1) is 0 Å². The average molecular weight is 276 g/mol. The number of likely N-dealkylation sites (N-methyl/N-ethyl adjacent to an activating group) is 1. The molecule has 0 atom stereocenters. The third-order valence-corrected chi connectivity index (χ3v) is 4.19. The van der Waals surface area contributed by atoms with Crippen molar-refractivity contribution < 1.29 is 0 Å². The van der Waals surface area contributed by atoms with Gasteiger partial charge in [-0.2, -0.15) is 4.98 Å². The summed E-state index contributed by atoms with van der Waals surface area (Å²) in [4.78, 5) is 14.3. The van der Waals surface area contributed by atoms with Gasteiger partial charge in [-0.3, -0.25) is 0 Å². The minimum atomic E-state index is 0.892. The Morgan fingerprint density at radius 2 is 1.80 bits per heavy atom. The SMILES string of the molecule is CNc1nc(N2CCN(C)CC2)nc2c1CCNCC2. The predicted molar refractivity (Wildman–Crippen MR) is 81.6 cm³/mol. The van der Waals surface area contributed by atoms with Gasteiger partial charge < -0.3 is 20.4 Å². The molecule has 0 radical (unpaired) electrons. The normalized spacial score (nSPS) is 20.4. The second kappa shape index (κ2) is 5.93. The van der Waals surface area contributed by atoms with E-state index in [1.807, 2.05) is 7.05 Å². The number of fused-ring (bicyclic) bond motifs is 1. The molecule has 2 aliphatic rings. The van der Waals surface area contributed by atoms with Crippen LogP contribution >= 0.6 is 0 Å². The molecular formula is C14H24N6. The molecule has 0 unspecified atom stereocenters. The van der Waals surface area contributed by atoms with Crippen LogP contribution in [0.5, 0.6) is 0 Å². The number of aromatic nitrogens is 2. The lowest BCUT2D eigenvalue weighted by atomic mass is 10.1. The van der Waals surface area contributed by atoms with Crippen molar-refractivity contribution in [2.45, 2.75) is 12.8 Å². The minimum Gasteiger partial charge on any atom is -0.373 e. The van der Waals surface area contributed by atoms with E-state index in [1.165, 1.54) is 11.3 Å². The summed E-state index contributed by atoms with van der Waals surface area (Å²) in [7, 11) is 4.12. The monoisotopic (exact) mass is 276 g/mol. The van der Waals surface area contributed by atoms with E-state index in [0.29, 0.717) is 0 Å². The van der Waals surface area contributed by atoms with E-state index < -0.39 is 0 Å². The Labute approximate surface area is 120 Å². The van der Waals surface area contributed by atoms with Crippen molar-refractivity contribution in [3.63, 3.8) is 0 Å². The summed E-state index contributed by atoms with van der Waals surface area (Å²) in [5.74, 6) is 1.90. The Kier molecular flexibility index (Phi) is 4.03. The number of piperazine rings is 1. The molecule has 6 heteroatoms. The standard InChI is InChI=1S/C14H24N6/c1-15-13-11-3-5-16-6-4-12(11)17-14(18-13)20-9-7-19(2)8-10-20/h16H,3-10H2,1-2H3,(H,15,17,18). The molecule has 110 valence electrons. The van der Waals surface area contributed by atoms with Crippen molar-refractivity contribution in [2.75, 3.05) is 63.6 Å². The van der Waals surface area contributed by atoms with Crippen LogP contribution in [-0.2, 0) is 12.8 Å². The van der Waals surface area contributed by atoms with E-state index in [2.05, 4.69) is 27.5 Å². The molecule has 2 N–H and O–H groups in total. The minimum absolute atomic E-state index is 0.892. The molecule has 0 aliphatic carbocycles. The summed E-state index contributed by atoms with van der Waals surface area (Å²) in [5.41, 5.74) is 2.50. The lowest BCUT2D eigenvalue weighted by Crippen LogP contribution is -2.45. The van der Waals surface area contributed by atoms with Crippen molar-refractivity contribution in [2.24, 2.45) is 0 Å². The Morgan fingerprint density at radius 3 is 2.55 bits per heavy atom. The summed E-state index contributed by atoms with van der Waals surface area (Å²) in [6, 6.07) is 0. The van der Waals surface area contributed by atoms with Gasteiger partial charge in [0.05, 0.1) is 5.69 Å². The second-order valence-electron chi connectivity index (χ2n) is 5.59. The van der Waals surface area contributed by atoms with E-state index in [9.17, 15) is 0 Å². The third kappa shape index (κ3) is 2.71. The fourth-order valence-corrected chi connectivity index (χ4v) is 2.89. The number of nitrogens with zero attached hydrogens (tertiary/aromatic N) is 4. The van der Waals surface area contributed by atoms with Gasteiger partial charge >= 0.3 is 0 Å². The molecule has 3 rings (SSSR count). The smallest absolute Gasteiger partial charge is 0.227 e. The molecule has 6 nitrogen and oxygen atoms in total. The summed E-state index contributed by atoms with van der Waals surface area (Å²) >= 11 is 0. The van der Waals surface area contributed by atoms with Crippen LogP contribution in [0.1, 0.15) is 11.3 Å². The summed E-state index contributed by atoms with van der Waals surface area (Å²) in [6.07, 6.45) is 2.00. The van der Waals surface area contributed by atoms with Gasteiger partial charge in [0.2, 0.25) is 5.95 Å². The molecule has 1 aromatic rings. The van der Waals surface area contributed by atoms with Crippen LogP contribution in [-0.4, -0.2) is 68.2 Å². The van der Waals surface area contributed by atoms with Crippen molar-refractivity contribution in [1.82, 2.24) is 20.2 Å². The van der Waals surface area contributed by atoms with Crippen LogP contribution in [0.3, 0.4) is 0 Å².